The van der Waals surface area contributed by atoms with Crippen LogP contribution in [0.25, 0.3) is 10.9 Å². The summed E-state index contributed by atoms with van der Waals surface area (Å²) in [5, 5.41) is 19.2. The highest BCUT2D eigenvalue weighted by molar-refractivity contribution is 9.10. The van der Waals surface area contributed by atoms with Crippen LogP contribution in [0.5, 0.6) is 0 Å². The van der Waals surface area contributed by atoms with Crippen LogP contribution in [0.2, 0.25) is 0 Å². The van der Waals surface area contributed by atoms with Crippen molar-refractivity contribution >= 4 is 38.4 Å². The average molecular weight is 341 g/mol. The van der Waals surface area contributed by atoms with Crippen molar-refractivity contribution in [3.8, 4) is 6.07 Å². The molecule has 0 spiro atoms. The van der Waals surface area contributed by atoms with Crippen LogP contribution in [0.1, 0.15) is 16.1 Å². The van der Waals surface area contributed by atoms with Gasteiger partial charge in [0.2, 0.25) is 0 Å². The molecule has 2 N–H and O–H groups in total. The number of carbonyl (C=O) groups excluding carboxylic acids is 1. The summed E-state index contributed by atoms with van der Waals surface area (Å²) < 4.78 is 0.648. The number of nitrogens with one attached hydrogen (secondary N) is 2. The van der Waals surface area contributed by atoms with E-state index in [1.165, 1.54) is 0 Å². The number of nitrogens with zero attached hydrogens (tertiary/aromatic N) is 2. The number of anilines is 1. The first kappa shape index (κ1) is 13.3. The number of nitriles is 1. The van der Waals surface area contributed by atoms with Crippen molar-refractivity contribution in [1.29, 1.82) is 5.26 Å². The predicted molar refractivity (Wildman–Crippen MR) is 82.9 cm³/mol. The summed E-state index contributed by atoms with van der Waals surface area (Å²) in [6, 6.07) is 14.4. The van der Waals surface area contributed by atoms with E-state index < -0.39 is 0 Å². The number of rotatable bonds is 2. The van der Waals surface area contributed by atoms with Crippen molar-refractivity contribution in [3.63, 3.8) is 0 Å². The van der Waals surface area contributed by atoms with Crippen LogP contribution >= 0.6 is 15.9 Å². The number of hydrogen-bond donors (Lipinski definition) is 2. The van der Waals surface area contributed by atoms with Crippen molar-refractivity contribution in [1.82, 2.24) is 10.2 Å². The van der Waals surface area contributed by atoms with Crippen molar-refractivity contribution in [2.24, 2.45) is 0 Å². The van der Waals surface area contributed by atoms with Gasteiger partial charge in [-0.1, -0.05) is 18.2 Å². The first-order valence-corrected chi connectivity index (χ1v) is 6.92. The van der Waals surface area contributed by atoms with Gasteiger partial charge >= 0.3 is 0 Å². The fraction of sp³-hybridized carbons (Fsp3) is 0. The molecular weight excluding hydrogens is 332 g/mol. The molecule has 1 amide bonds. The highest BCUT2D eigenvalue weighted by atomic mass is 79.9. The summed E-state index contributed by atoms with van der Waals surface area (Å²) in [6.07, 6.45) is 0. The van der Waals surface area contributed by atoms with Crippen LogP contribution in [0.4, 0.5) is 5.69 Å². The quantitative estimate of drug-likeness (QED) is 0.749. The smallest absolute Gasteiger partial charge is 0.276 e. The lowest BCUT2D eigenvalue weighted by molar-refractivity contribution is 0.102. The molecule has 0 radical (unpaired) electrons. The summed E-state index contributed by atoms with van der Waals surface area (Å²) >= 11 is 3.34. The number of aromatic amines is 1. The molecule has 0 saturated carbocycles. The Bertz CT molecular complexity index is 879. The van der Waals surface area contributed by atoms with Gasteiger partial charge in [-0.3, -0.25) is 9.89 Å². The largest absolute Gasteiger partial charge is 0.320 e. The van der Waals surface area contributed by atoms with Crippen molar-refractivity contribution in [2.45, 2.75) is 0 Å². The van der Waals surface area contributed by atoms with Crippen LogP contribution in [0.15, 0.2) is 46.9 Å². The monoisotopic (exact) mass is 340 g/mol. The lowest BCUT2D eigenvalue weighted by Crippen LogP contribution is -2.13. The number of para-hydroxylation sites is 1. The highest BCUT2D eigenvalue weighted by Crippen LogP contribution is 2.24. The van der Waals surface area contributed by atoms with E-state index in [1.54, 1.807) is 18.2 Å². The maximum Gasteiger partial charge on any atom is 0.276 e. The van der Waals surface area contributed by atoms with Gasteiger partial charge in [0.1, 0.15) is 0 Å². The van der Waals surface area contributed by atoms with E-state index in [4.69, 9.17) is 5.26 Å². The molecule has 1 aromatic heterocycles. The minimum Gasteiger partial charge on any atom is -0.320 e. The van der Waals surface area contributed by atoms with Crippen molar-refractivity contribution in [2.75, 3.05) is 5.32 Å². The molecule has 5 nitrogen and oxygen atoms in total. The Hall–Kier alpha value is -2.65. The van der Waals surface area contributed by atoms with E-state index >= 15 is 0 Å². The molecule has 6 heteroatoms. The van der Waals surface area contributed by atoms with Gasteiger partial charge in [-0.2, -0.15) is 10.4 Å². The fourth-order valence-corrected chi connectivity index (χ4v) is 2.48. The van der Waals surface area contributed by atoms with E-state index in [1.807, 2.05) is 30.3 Å². The number of amides is 1. The molecule has 2 aromatic carbocycles. The third-order valence-electron chi connectivity index (χ3n) is 3.03. The van der Waals surface area contributed by atoms with Gasteiger partial charge in [0.05, 0.1) is 22.8 Å². The molecule has 3 aromatic rings. The molecule has 0 bridgehead atoms. The van der Waals surface area contributed by atoms with E-state index in [2.05, 4.69) is 31.4 Å². The van der Waals surface area contributed by atoms with Crippen molar-refractivity contribution < 1.29 is 4.79 Å². The van der Waals surface area contributed by atoms with Gasteiger partial charge in [-0.15, -0.1) is 0 Å². The summed E-state index contributed by atoms with van der Waals surface area (Å²) in [5.74, 6) is -0.308. The number of carbonyl (C=O) groups is 1. The summed E-state index contributed by atoms with van der Waals surface area (Å²) in [6.45, 7) is 0. The second kappa shape index (κ2) is 5.38. The summed E-state index contributed by atoms with van der Waals surface area (Å²) in [5.41, 5.74) is 2.25. The molecule has 0 saturated heterocycles. The minimum atomic E-state index is -0.308. The molecule has 0 atom stereocenters. The molecule has 0 aliphatic rings. The Labute approximate surface area is 128 Å². The molecule has 102 valence electrons. The lowest BCUT2D eigenvalue weighted by atomic mass is 10.2. The Morgan fingerprint density at radius 1 is 1.29 bits per heavy atom. The van der Waals surface area contributed by atoms with Crippen LogP contribution < -0.4 is 5.32 Å². The van der Waals surface area contributed by atoms with Crippen molar-refractivity contribution in [3.05, 3.63) is 58.2 Å². The van der Waals surface area contributed by atoms with Crippen LogP contribution in [-0.4, -0.2) is 16.1 Å². The molecule has 3 rings (SSSR count). The minimum absolute atomic E-state index is 0.308. The Morgan fingerprint density at radius 2 is 2.10 bits per heavy atom. The Morgan fingerprint density at radius 3 is 2.86 bits per heavy atom. The summed E-state index contributed by atoms with van der Waals surface area (Å²) in [4.78, 5) is 12.3. The number of H-pyrrole nitrogens is 1. The van der Waals surface area contributed by atoms with E-state index in [-0.39, 0.29) is 5.91 Å². The van der Waals surface area contributed by atoms with Crippen LogP contribution in [0.3, 0.4) is 0 Å². The number of hydrogen-bond acceptors (Lipinski definition) is 3. The van der Waals surface area contributed by atoms with Gasteiger partial charge in [0, 0.05) is 9.86 Å². The predicted octanol–water partition coefficient (Wildman–Crippen LogP) is 3.45. The van der Waals surface area contributed by atoms with Gasteiger partial charge < -0.3 is 5.32 Å². The van der Waals surface area contributed by atoms with E-state index in [0.717, 1.165) is 10.9 Å². The molecule has 0 aliphatic carbocycles. The second-order valence-corrected chi connectivity index (χ2v) is 5.23. The first-order chi connectivity index (χ1) is 10.2. The third kappa shape index (κ3) is 2.51. The van der Waals surface area contributed by atoms with Gasteiger partial charge in [0.15, 0.2) is 5.69 Å². The maximum absolute atomic E-state index is 12.3. The zero-order valence-electron chi connectivity index (χ0n) is 10.7. The van der Waals surface area contributed by atoms with Gasteiger partial charge in [0.25, 0.3) is 5.91 Å². The zero-order chi connectivity index (χ0) is 14.8. The molecular formula is C15H9BrN4O. The molecule has 1 heterocycles. The van der Waals surface area contributed by atoms with E-state index in [9.17, 15) is 4.79 Å². The maximum atomic E-state index is 12.3. The summed E-state index contributed by atoms with van der Waals surface area (Å²) in [7, 11) is 0. The lowest BCUT2D eigenvalue weighted by Gasteiger charge is -2.06. The molecule has 0 aliphatic heterocycles. The molecule has 0 fully saturated rings. The average Bonchev–Trinajstić information content (AvgIpc) is 2.93. The second-order valence-electron chi connectivity index (χ2n) is 4.38. The number of fused-ring (bicyclic) bond motifs is 1. The van der Waals surface area contributed by atoms with E-state index in [0.29, 0.717) is 21.4 Å². The number of halogens is 1. The Balaban J connectivity index is 1.92. The molecule has 0 unspecified atom stereocenters. The van der Waals surface area contributed by atoms with Crippen LogP contribution in [-0.2, 0) is 0 Å². The standard InChI is InChI=1S/C15H9BrN4O/c16-11-7-9(8-17)5-6-13(11)18-15(21)14-10-3-1-2-4-12(10)19-20-14/h1-7H,(H,18,21)(H,19,20). The first-order valence-electron chi connectivity index (χ1n) is 6.13. The van der Waals surface area contributed by atoms with Gasteiger partial charge in [-0.05, 0) is 40.2 Å². The normalized spacial score (nSPS) is 10.3. The Kier molecular flexibility index (Phi) is 3.42. The molecule has 21 heavy (non-hydrogen) atoms. The number of aromatic nitrogens is 2. The third-order valence-corrected chi connectivity index (χ3v) is 3.69. The number of benzene rings is 2. The highest BCUT2D eigenvalue weighted by Gasteiger charge is 2.15. The zero-order valence-corrected chi connectivity index (χ0v) is 12.3. The van der Waals surface area contributed by atoms with Gasteiger partial charge in [-0.25, -0.2) is 0 Å². The van der Waals surface area contributed by atoms with Crippen LogP contribution in [0, 0.1) is 11.3 Å². The SMILES string of the molecule is N#Cc1ccc(NC(=O)c2n[nH]c3ccccc23)c(Br)c1. The topological polar surface area (TPSA) is 81.6 Å². The fourth-order valence-electron chi connectivity index (χ4n) is 2.00.